The average Bonchev–Trinajstić information content (AvgIpc) is 2.86. The summed E-state index contributed by atoms with van der Waals surface area (Å²) >= 11 is 0. The van der Waals surface area contributed by atoms with Crippen LogP contribution in [-0.2, 0) is 10.0 Å². The van der Waals surface area contributed by atoms with E-state index < -0.39 is 10.0 Å². The summed E-state index contributed by atoms with van der Waals surface area (Å²) in [6.07, 6.45) is 3.01. The molecule has 0 aliphatic carbocycles. The van der Waals surface area contributed by atoms with E-state index in [1.807, 2.05) is 19.9 Å². The maximum Gasteiger partial charge on any atom is 0.263 e. The van der Waals surface area contributed by atoms with Crippen molar-refractivity contribution in [1.29, 1.82) is 5.26 Å². The zero-order valence-electron chi connectivity index (χ0n) is 11.6. The minimum absolute atomic E-state index is 0.00116. The minimum atomic E-state index is -3.87. The fourth-order valence-corrected chi connectivity index (χ4v) is 2.92. The lowest BCUT2D eigenvalue weighted by Crippen LogP contribution is -2.14. The molecule has 0 saturated carbocycles. The molecule has 1 aromatic carbocycles. The van der Waals surface area contributed by atoms with E-state index in [9.17, 15) is 8.42 Å². The van der Waals surface area contributed by atoms with Crippen LogP contribution < -0.4 is 10.5 Å². The second kappa shape index (κ2) is 5.46. The lowest BCUT2D eigenvalue weighted by atomic mass is 10.2. The molecule has 0 radical (unpaired) electrons. The second-order valence-corrected chi connectivity index (χ2v) is 6.43. The van der Waals surface area contributed by atoms with Crippen LogP contribution in [0, 0.1) is 11.3 Å². The summed E-state index contributed by atoms with van der Waals surface area (Å²) in [5, 5.41) is 13.1. The summed E-state index contributed by atoms with van der Waals surface area (Å²) in [5.41, 5.74) is 6.22. The van der Waals surface area contributed by atoms with Crippen LogP contribution in [0.25, 0.3) is 0 Å². The van der Waals surface area contributed by atoms with Crippen LogP contribution in [0.15, 0.2) is 35.5 Å². The van der Waals surface area contributed by atoms with Gasteiger partial charge in [0.15, 0.2) is 0 Å². The van der Waals surface area contributed by atoms with Gasteiger partial charge in [-0.25, -0.2) is 8.42 Å². The molecule has 0 unspecified atom stereocenters. The van der Waals surface area contributed by atoms with Crippen molar-refractivity contribution in [3.63, 3.8) is 0 Å². The first-order valence-corrected chi connectivity index (χ1v) is 7.68. The Labute approximate surface area is 123 Å². The number of nitrogens with one attached hydrogen (secondary N) is 1. The molecule has 7 nitrogen and oxygen atoms in total. The summed E-state index contributed by atoms with van der Waals surface area (Å²) in [6, 6.07) is 6.02. The third-order valence-electron chi connectivity index (χ3n) is 2.80. The Morgan fingerprint density at radius 1 is 1.43 bits per heavy atom. The highest BCUT2D eigenvalue weighted by Crippen LogP contribution is 2.21. The van der Waals surface area contributed by atoms with Gasteiger partial charge in [-0.15, -0.1) is 0 Å². The number of anilines is 2. The summed E-state index contributed by atoms with van der Waals surface area (Å²) < 4.78 is 28.7. The van der Waals surface area contributed by atoms with Gasteiger partial charge in [-0.1, -0.05) is 0 Å². The molecule has 0 aliphatic heterocycles. The third-order valence-corrected chi connectivity index (χ3v) is 4.24. The number of nitriles is 1. The van der Waals surface area contributed by atoms with Crippen LogP contribution in [0.3, 0.4) is 0 Å². The van der Waals surface area contributed by atoms with Gasteiger partial charge in [-0.2, -0.15) is 10.4 Å². The highest BCUT2D eigenvalue weighted by molar-refractivity contribution is 7.92. The van der Waals surface area contributed by atoms with E-state index in [1.165, 1.54) is 24.4 Å². The van der Waals surface area contributed by atoms with Crippen LogP contribution in [0.1, 0.15) is 25.5 Å². The molecule has 2 aromatic rings. The molecule has 2 rings (SSSR count). The largest absolute Gasteiger partial charge is 0.399 e. The van der Waals surface area contributed by atoms with Gasteiger partial charge in [0.05, 0.1) is 17.4 Å². The molecule has 21 heavy (non-hydrogen) atoms. The quantitative estimate of drug-likeness (QED) is 0.835. The number of rotatable bonds is 4. The second-order valence-electron chi connectivity index (χ2n) is 4.78. The van der Waals surface area contributed by atoms with E-state index in [-0.39, 0.29) is 16.5 Å². The molecule has 0 bridgehead atoms. The molecule has 8 heteroatoms. The first-order valence-electron chi connectivity index (χ1n) is 6.20. The lowest BCUT2D eigenvalue weighted by molar-refractivity contribution is 0.532. The van der Waals surface area contributed by atoms with Crippen molar-refractivity contribution in [2.24, 2.45) is 0 Å². The fraction of sp³-hybridized carbons (Fsp3) is 0.231. The summed E-state index contributed by atoms with van der Waals surface area (Å²) in [5.74, 6) is 0. The topological polar surface area (TPSA) is 114 Å². The number of hydrogen-bond acceptors (Lipinski definition) is 5. The monoisotopic (exact) mass is 305 g/mol. The van der Waals surface area contributed by atoms with E-state index in [0.29, 0.717) is 11.4 Å². The number of nitrogens with two attached hydrogens (primary N) is 1. The third kappa shape index (κ3) is 3.14. The highest BCUT2D eigenvalue weighted by Gasteiger charge is 2.19. The molecule has 110 valence electrons. The Bertz CT molecular complexity index is 802. The lowest BCUT2D eigenvalue weighted by Gasteiger charge is -2.08. The predicted octanol–water partition coefficient (Wildman–Crippen LogP) is 1.72. The van der Waals surface area contributed by atoms with Crippen molar-refractivity contribution >= 4 is 21.4 Å². The molecule has 3 N–H and O–H groups in total. The minimum Gasteiger partial charge on any atom is -0.399 e. The number of aromatic nitrogens is 2. The number of hydrogen-bond donors (Lipinski definition) is 2. The van der Waals surface area contributed by atoms with E-state index in [2.05, 4.69) is 9.82 Å². The number of benzene rings is 1. The Kier molecular flexibility index (Phi) is 3.86. The van der Waals surface area contributed by atoms with Crippen molar-refractivity contribution in [3.05, 3.63) is 36.2 Å². The van der Waals surface area contributed by atoms with Crippen molar-refractivity contribution < 1.29 is 8.42 Å². The number of nitrogen functional groups attached to an aromatic ring is 1. The zero-order chi connectivity index (χ0) is 15.6. The van der Waals surface area contributed by atoms with Gasteiger partial charge in [0.25, 0.3) is 10.0 Å². The molecular weight excluding hydrogens is 290 g/mol. The molecule has 1 heterocycles. The Balaban J connectivity index is 2.36. The average molecular weight is 305 g/mol. The zero-order valence-corrected chi connectivity index (χ0v) is 12.4. The fourth-order valence-electron chi connectivity index (χ4n) is 1.75. The summed E-state index contributed by atoms with van der Waals surface area (Å²) in [7, 11) is -3.87. The van der Waals surface area contributed by atoms with E-state index in [0.717, 1.165) is 0 Å². The van der Waals surface area contributed by atoms with Gasteiger partial charge in [-0.05, 0) is 32.0 Å². The van der Waals surface area contributed by atoms with Crippen molar-refractivity contribution in [1.82, 2.24) is 9.78 Å². The van der Waals surface area contributed by atoms with Crippen molar-refractivity contribution in [3.8, 4) is 6.07 Å². The van der Waals surface area contributed by atoms with Gasteiger partial charge in [-0.3, -0.25) is 9.40 Å². The molecule has 0 saturated heterocycles. The van der Waals surface area contributed by atoms with Crippen molar-refractivity contribution in [2.75, 3.05) is 10.5 Å². The van der Waals surface area contributed by atoms with Gasteiger partial charge in [0.1, 0.15) is 11.0 Å². The summed E-state index contributed by atoms with van der Waals surface area (Å²) in [6.45, 7) is 3.86. The van der Waals surface area contributed by atoms with Crippen LogP contribution in [-0.4, -0.2) is 18.2 Å². The normalized spacial score (nSPS) is 11.3. The molecular formula is C13H15N5O2S. The molecule has 0 atom stereocenters. The molecule has 0 aliphatic rings. The van der Waals surface area contributed by atoms with E-state index in [4.69, 9.17) is 11.0 Å². The Morgan fingerprint density at radius 3 is 2.71 bits per heavy atom. The first kappa shape index (κ1) is 14.9. The van der Waals surface area contributed by atoms with Gasteiger partial charge >= 0.3 is 0 Å². The van der Waals surface area contributed by atoms with E-state index in [1.54, 1.807) is 10.9 Å². The first-order chi connectivity index (χ1) is 9.83. The highest BCUT2D eigenvalue weighted by atomic mass is 32.2. The van der Waals surface area contributed by atoms with Crippen LogP contribution in [0.5, 0.6) is 0 Å². The van der Waals surface area contributed by atoms with E-state index >= 15 is 0 Å². The number of nitrogens with zero attached hydrogens (tertiary/aromatic N) is 3. The van der Waals surface area contributed by atoms with Crippen LogP contribution in [0.4, 0.5) is 11.4 Å². The maximum absolute atomic E-state index is 12.3. The SMILES string of the molecule is CC(C)n1cc(NS(=O)(=O)c2ccc(N)cc2C#N)cn1. The Hall–Kier alpha value is -2.53. The van der Waals surface area contributed by atoms with Gasteiger partial charge in [0, 0.05) is 17.9 Å². The Morgan fingerprint density at radius 2 is 2.14 bits per heavy atom. The molecule has 0 spiro atoms. The van der Waals surface area contributed by atoms with Crippen LogP contribution in [0.2, 0.25) is 0 Å². The smallest absolute Gasteiger partial charge is 0.263 e. The predicted molar refractivity (Wildman–Crippen MR) is 79.0 cm³/mol. The molecule has 1 aromatic heterocycles. The standard InChI is InChI=1S/C13H15N5O2S/c1-9(2)18-8-12(7-16-18)17-21(19,20)13-4-3-11(15)5-10(13)6-14/h3-5,7-9,17H,15H2,1-2H3. The number of sulfonamides is 1. The van der Waals surface area contributed by atoms with Gasteiger partial charge in [0.2, 0.25) is 0 Å². The van der Waals surface area contributed by atoms with Gasteiger partial charge < -0.3 is 5.73 Å². The summed E-state index contributed by atoms with van der Waals surface area (Å²) in [4.78, 5) is -0.114. The maximum atomic E-state index is 12.3. The van der Waals surface area contributed by atoms with Crippen molar-refractivity contribution in [2.45, 2.75) is 24.8 Å². The molecule has 0 fully saturated rings. The van der Waals surface area contributed by atoms with Crippen LogP contribution >= 0.6 is 0 Å². The molecule has 0 amide bonds.